The molecule has 1 N–H and O–H groups in total. The van der Waals surface area contributed by atoms with Crippen molar-refractivity contribution in [2.75, 3.05) is 11.6 Å². The van der Waals surface area contributed by atoms with Gasteiger partial charge in [0.25, 0.3) is 5.91 Å². The molecule has 1 aromatic heterocycles. The fraction of sp³-hybridized carbons (Fsp3) is 0.125. The molecule has 3 rings (SSSR count). The van der Waals surface area contributed by atoms with Crippen molar-refractivity contribution in [2.45, 2.75) is 11.1 Å². The van der Waals surface area contributed by atoms with Crippen LogP contribution in [0.15, 0.2) is 47.4 Å². The van der Waals surface area contributed by atoms with Gasteiger partial charge in [0, 0.05) is 10.5 Å². The van der Waals surface area contributed by atoms with Crippen LogP contribution in [0.2, 0.25) is 0 Å². The molecule has 0 aliphatic heterocycles. The van der Waals surface area contributed by atoms with Crippen molar-refractivity contribution in [3.63, 3.8) is 0 Å². The number of thioether (sulfide) groups is 1. The second kappa shape index (κ2) is 6.45. The Balaban J connectivity index is 1.79. The third-order valence-electron chi connectivity index (χ3n) is 3.29. The summed E-state index contributed by atoms with van der Waals surface area (Å²) >= 11 is 2.93. The number of benzene rings is 2. The van der Waals surface area contributed by atoms with Crippen LogP contribution in [0.3, 0.4) is 0 Å². The molecule has 0 saturated heterocycles. The average Bonchev–Trinajstić information content (AvgIpc) is 2.95. The topological polar surface area (TPSA) is 42.0 Å². The van der Waals surface area contributed by atoms with Crippen molar-refractivity contribution in [1.82, 2.24) is 4.98 Å². The zero-order valence-corrected chi connectivity index (χ0v) is 14.0. The number of aromatic nitrogens is 1. The van der Waals surface area contributed by atoms with Gasteiger partial charge in [0.2, 0.25) is 0 Å². The molecule has 0 unspecified atom stereocenters. The number of amides is 1. The Labute approximate surface area is 143 Å². The Kier molecular flexibility index (Phi) is 4.51. The van der Waals surface area contributed by atoms with Crippen molar-refractivity contribution in [1.29, 1.82) is 0 Å². The number of carbonyl (C=O) groups excluding carboxylic acids is 1. The summed E-state index contributed by atoms with van der Waals surface area (Å²) in [5.74, 6) is -0.493. The maximum atomic E-state index is 12.5. The summed E-state index contributed by atoms with van der Waals surface area (Å²) < 4.78 is 38.5. The van der Waals surface area contributed by atoms with Crippen molar-refractivity contribution >= 4 is 44.4 Å². The number of rotatable bonds is 3. The second-order valence-electron chi connectivity index (χ2n) is 4.88. The number of thiazole rings is 1. The highest BCUT2D eigenvalue weighted by Crippen LogP contribution is 2.31. The standard InChI is InChI=1S/C16H11F3N2OS2/c1-23-11-6-7-12-13(8-11)24-15(20-12)21-14(22)9-2-4-10(5-3-9)16(17,18)19/h2-8H,1H3,(H,20,21,22). The molecule has 0 radical (unpaired) electrons. The molecular formula is C16H11F3N2OS2. The summed E-state index contributed by atoms with van der Waals surface area (Å²) in [5, 5.41) is 3.03. The normalized spacial score (nSPS) is 11.7. The van der Waals surface area contributed by atoms with Gasteiger partial charge in [-0.05, 0) is 48.7 Å². The van der Waals surface area contributed by atoms with Crippen LogP contribution in [0.4, 0.5) is 18.3 Å². The Morgan fingerprint density at radius 2 is 1.88 bits per heavy atom. The number of nitrogens with one attached hydrogen (secondary N) is 1. The van der Waals surface area contributed by atoms with Gasteiger partial charge in [-0.3, -0.25) is 10.1 Å². The molecule has 24 heavy (non-hydrogen) atoms. The molecule has 0 aliphatic rings. The van der Waals surface area contributed by atoms with Crippen LogP contribution in [0, 0.1) is 0 Å². The van der Waals surface area contributed by atoms with Crippen LogP contribution < -0.4 is 5.32 Å². The molecule has 1 amide bonds. The number of carbonyl (C=O) groups is 1. The third kappa shape index (κ3) is 3.54. The predicted octanol–water partition coefficient (Wildman–Crippen LogP) is 5.29. The lowest BCUT2D eigenvalue weighted by Crippen LogP contribution is -2.12. The lowest BCUT2D eigenvalue weighted by molar-refractivity contribution is -0.137. The van der Waals surface area contributed by atoms with Crippen LogP contribution in [0.25, 0.3) is 10.2 Å². The lowest BCUT2D eigenvalue weighted by atomic mass is 10.1. The zero-order valence-electron chi connectivity index (χ0n) is 12.3. The summed E-state index contributed by atoms with van der Waals surface area (Å²) in [5.41, 5.74) is 0.121. The molecule has 0 spiro atoms. The summed E-state index contributed by atoms with van der Waals surface area (Å²) in [6.45, 7) is 0. The first-order valence-corrected chi connectivity index (χ1v) is 8.84. The Bertz CT molecular complexity index is 888. The lowest BCUT2D eigenvalue weighted by Gasteiger charge is -2.07. The Morgan fingerprint density at radius 3 is 2.50 bits per heavy atom. The van der Waals surface area contributed by atoms with Gasteiger partial charge in [-0.15, -0.1) is 11.8 Å². The van der Waals surface area contributed by atoms with Gasteiger partial charge < -0.3 is 0 Å². The molecule has 1 heterocycles. The minimum absolute atomic E-state index is 0.145. The van der Waals surface area contributed by atoms with Gasteiger partial charge in [0.05, 0.1) is 15.8 Å². The van der Waals surface area contributed by atoms with E-state index in [0.717, 1.165) is 39.4 Å². The van der Waals surface area contributed by atoms with Gasteiger partial charge in [-0.25, -0.2) is 4.98 Å². The number of fused-ring (bicyclic) bond motifs is 1. The molecular weight excluding hydrogens is 357 g/mol. The van der Waals surface area contributed by atoms with E-state index >= 15 is 0 Å². The Hall–Kier alpha value is -2.06. The van der Waals surface area contributed by atoms with Crippen LogP contribution in [0.5, 0.6) is 0 Å². The van der Waals surface area contributed by atoms with Gasteiger partial charge >= 0.3 is 6.18 Å². The van der Waals surface area contributed by atoms with Gasteiger partial charge in [0.1, 0.15) is 0 Å². The van der Waals surface area contributed by atoms with E-state index in [0.29, 0.717) is 5.13 Å². The maximum absolute atomic E-state index is 12.5. The SMILES string of the molecule is CSc1ccc2nc(NC(=O)c3ccc(C(F)(F)F)cc3)sc2c1. The van der Waals surface area contributed by atoms with E-state index in [-0.39, 0.29) is 5.56 Å². The zero-order chi connectivity index (χ0) is 17.3. The summed E-state index contributed by atoms with van der Waals surface area (Å²) in [7, 11) is 0. The monoisotopic (exact) mass is 368 g/mol. The summed E-state index contributed by atoms with van der Waals surface area (Å²) in [6.07, 6.45) is -2.45. The molecule has 0 aliphatic carbocycles. The molecule has 0 fully saturated rings. The van der Waals surface area contributed by atoms with Crippen LogP contribution in [-0.4, -0.2) is 17.1 Å². The molecule has 124 valence electrons. The van der Waals surface area contributed by atoms with Crippen molar-refractivity contribution in [2.24, 2.45) is 0 Å². The molecule has 3 aromatic rings. The maximum Gasteiger partial charge on any atom is 0.416 e. The van der Waals surface area contributed by atoms with E-state index in [9.17, 15) is 18.0 Å². The predicted molar refractivity (Wildman–Crippen MR) is 90.8 cm³/mol. The average molecular weight is 368 g/mol. The largest absolute Gasteiger partial charge is 0.416 e. The van der Waals surface area contributed by atoms with Crippen LogP contribution in [0.1, 0.15) is 15.9 Å². The minimum atomic E-state index is -4.42. The quantitative estimate of drug-likeness (QED) is 0.639. The molecule has 2 aromatic carbocycles. The van der Waals surface area contributed by atoms with Gasteiger partial charge in [0.15, 0.2) is 5.13 Å². The first kappa shape index (κ1) is 16.8. The van der Waals surface area contributed by atoms with Crippen LogP contribution >= 0.6 is 23.1 Å². The van der Waals surface area contributed by atoms with E-state index in [1.807, 2.05) is 24.5 Å². The number of alkyl halides is 3. The fourth-order valence-corrected chi connectivity index (χ4v) is 3.48. The summed E-state index contributed by atoms with van der Waals surface area (Å²) in [4.78, 5) is 17.5. The van der Waals surface area contributed by atoms with E-state index in [2.05, 4.69) is 10.3 Å². The van der Waals surface area contributed by atoms with E-state index in [4.69, 9.17) is 0 Å². The fourth-order valence-electron chi connectivity index (χ4n) is 2.07. The van der Waals surface area contributed by atoms with Gasteiger partial charge in [-0.2, -0.15) is 13.2 Å². The third-order valence-corrected chi connectivity index (χ3v) is 4.95. The molecule has 0 bridgehead atoms. The highest BCUT2D eigenvalue weighted by atomic mass is 32.2. The molecule has 3 nitrogen and oxygen atoms in total. The number of halogens is 3. The first-order valence-electron chi connectivity index (χ1n) is 6.80. The van der Waals surface area contributed by atoms with E-state index in [1.54, 1.807) is 11.8 Å². The molecule has 8 heteroatoms. The molecule has 0 atom stereocenters. The molecule has 0 saturated carbocycles. The van der Waals surface area contributed by atoms with Crippen LogP contribution in [-0.2, 0) is 6.18 Å². The van der Waals surface area contributed by atoms with E-state index < -0.39 is 17.6 Å². The number of hydrogen-bond donors (Lipinski definition) is 1. The highest BCUT2D eigenvalue weighted by molar-refractivity contribution is 7.98. The highest BCUT2D eigenvalue weighted by Gasteiger charge is 2.30. The smallest absolute Gasteiger partial charge is 0.298 e. The number of nitrogens with zero attached hydrogens (tertiary/aromatic N) is 1. The Morgan fingerprint density at radius 1 is 1.17 bits per heavy atom. The van der Waals surface area contributed by atoms with Gasteiger partial charge in [-0.1, -0.05) is 11.3 Å². The van der Waals surface area contributed by atoms with Crippen molar-refractivity contribution in [3.05, 3.63) is 53.6 Å². The van der Waals surface area contributed by atoms with Crippen molar-refractivity contribution < 1.29 is 18.0 Å². The minimum Gasteiger partial charge on any atom is -0.298 e. The first-order chi connectivity index (χ1) is 11.4. The summed E-state index contributed by atoms with van der Waals surface area (Å²) in [6, 6.07) is 9.86. The number of hydrogen-bond acceptors (Lipinski definition) is 4. The number of anilines is 1. The second-order valence-corrected chi connectivity index (χ2v) is 6.79. The van der Waals surface area contributed by atoms with E-state index in [1.165, 1.54) is 11.3 Å². The van der Waals surface area contributed by atoms with Crippen molar-refractivity contribution in [3.8, 4) is 0 Å².